The summed E-state index contributed by atoms with van der Waals surface area (Å²) in [5.41, 5.74) is 0.440. The molecule has 2 aliphatic carbocycles. The zero-order chi connectivity index (χ0) is 39.5. The topological polar surface area (TPSA) is 171 Å². The molecule has 2 saturated carbocycles. The zero-order valence-corrected chi connectivity index (χ0v) is 33.1. The molecule has 2 unspecified atom stereocenters. The summed E-state index contributed by atoms with van der Waals surface area (Å²) in [4.78, 5) is 79.7. The van der Waals surface area contributed by atoms with E-state index in [0.29, 0.717) is 13.0 Å². The highest BCUT2D eigenvalue weighted by Gasteiger charge is 2.56. The number of Topliss-reactive ketones (excluding diaryl/α,β-unsaturated/α-hetero) is 2. The Labute approximate surface area is 325 Å². The lowest BCUT2D eigenvalue weighted by Crippen LogP contribution is -2.56. The van der Waals surface area contributed by atoms with Crippen LogP contribution in [0.1, 0.15) is 121 Å². The van der Waals surface area contributed by atoms with Crippen molar-refractivity contribution >= 4 is 29.3 Å². The van der Waals surface area contributed by atoms with Gasteiger partial charge in [-0.05, 0) is 79.6 Å². The molecular formula is C43H60N6O6. The smallest absolute Gasteiger partial charge is 0.272 e. The van der Waals surface area contributed by atoms with E-state index in [9.17, 15) is 29.1 Å². The number of carbonyl (C=O) groups excluding carboxylic acids is 5. The third kappa shape index (κ3) is 9.51. The number of fused-ring (bicyclic) bond motifs is 1. The summed E-state index contributed by atoms with van der Waals surface area (Å²) in [6.07, 6.45) is 10.5. The van der Waals surface area contributed by atoms with Crippen molar-refractivity contribution in [1.29, 1.82) is 0 Å². The zero-order valence-electron chi connectivity index (χ0n) is 33.1. The molecular weight excluding hydrogens is 697 g/mol. The summed E-state index contributed by atoms with van der Waals surface area (Å²) in [6.45, 7) is 10.6. The Bertz CT molecular complexity index is 1690. The fraction of sp³-hybridized carbons (Fsp3) is 0.651. The van der Waals surface area contributed by atoms with Gasteiger partial charge in [0.05, 0.1) is 36.9 Å². The molecule has 1 aromatic heterocycles. The largest absolute Gasteiger partial charge is 0.381 e. The molecule has 2 aliphatic heterocycles. The standard InChI is InChI=1S/C43H60N6O6/c1-26(27-12-8-6-9-13-27)46-41(55)38(52)32-16-17-43(5)21-29-24-49(37(30(29)22-43)40(54)47-32)25-35(51)31(42(2,3)4)20-34(50)36(28-14-10-7-11-15-28)48-39(53)33-23-44-18-19-45-33/h6,8-9,12-13,18-19,23,26,28-32,36-38,52H,7,10-11,14-17,20-22,24-25H2,1-5H3,(H,46,55)(H,47,54)(H,48,53)/t26-,29-,30-,31+,32-,36-,37-,38?,43?/m0/s1. The van der Waals surface area contributed by atoms with E-state index in [-0.39, 0.29) is 65.3 Å². The van der Waals surface area contributed by atoms with E-state index in [1.807, 2.05) is 62.9 Å². The van der Waals surface area contributed by atoms with Gasteiger partial charge < -0.3 is 21.1 Å². The summed E-state index contributed by atoms with van der Waals surface area (Å²) in [5.74, 6) is -1.92. The van der Waals surface area contributed by atoms with E-state index < -0.39 is 47.4 Å². The van der Waals surface area contributed by atoms with Crippen LogP contribution in [-0.4, -0.2) is 86.6 Å². The Morgan fingerprint density at radius 2 is 1.73 bits per heavy atom. The molecule has 0 spiro atoms. The minimum absolute atomic E-state index is 0.0133. The van der Waals surface area contributed by atoms with Gasteiger partial charge in [0.15, 0.2) is 17.7 Å². The molecule has 12 nitrogen and oxygen atoms in total. The number of rotatable bonds is 13. The molecule has 2 saturated heterocycles. The summed E-state index contributed by atoms with van der Waals surface area (Å²) < 4.78 is 0. The van der Waals surface area contributed by atoms with Gasteiger partial charge in [0.2, 0.25) is 5.91 Å². The molecule has 2 bridgehead atoms. The Kier molecular flexibility index (Phi) is 12.6. The molecule has 9 atom stereocenters. The second-order valence-corrected chi connectivity index (χ2v) is 18.3. The Morgan fingerprint density at radius 3 is 2.40 bits per heavy atom. The number of aliphatic hydroxyl groups excluding tert-OH is 1. The second kappa shape index (κ2) is 17.0. The molecule has 55 heavy (non-hydrogen) atoms. The highest BCUT2D eigenvalue weighted by atomic mass is 16.3. The molecule has 4 aliphatic rings. The number of aromatic nitrogens is 2. The Balaban J connectivity index is 1.17. The number of nitrogens with zero attached hydrogens (tertiary/aromatic N) is 3. The van der Waals surface area contributed by atoms with Crippen LogP contribution in [0.5, 0.6) is 0 Å². The minimum Gasteiger partial charge on any atom is -0.381 e. The first-order chi connectivity index (χ1) is 26.1. The number of benzene rings is 1. The van der Waals surface area contributed by atoms with Gasteiger partial charge in [0, 0.05) is 31.3 Å². The monoisotopic (exact) mass is 756 g/mol. The molecule has 12 heteroatoms. The summed E-state index contributed by atoms with van der Waals surface area (Å²) in [5, 5.41) is 20.3. The van der Waals surface area contributed by atoms with Gasteiger partial charge in [-0.25, -0.2) is 4.98 Å². The average Bonchev–Trinajstić information content (AvgIpc) is 3.66. The van der Waals surface area contributed by atoms with Gasteiger partial charge in [-0.3, -0.25) is 33.9 Å². The van der Waals surface area contributed by atoms with Crippen molar-refractivity contribution in [3.63, 3.8) is 0 Å². The molecule has 3 heterocycles. The van der Waals surface area contributed by atoms with E-state index in [4.69, 9.17) is 0 Å². The van der Waals surface area contributed by atoms with Crippen molar-refractivity contribution in [3.8, 4) is 0 Å². The van der Waals surface area contributed by atoms with E-state index >= 15 is 0 Å². The van der Waals surface area contributed by atoms with Crippen LogP contribution in [0.3, 0.4) is 0 Å². The molecule has 2 aromatic rings. The maximum Gasteiger partial charge on any atom is 0.272 e. The highest BCUT2D eigenvalue weighted by molar-refractivity contribution is 5.98. The van der Waals surface area contributed by atoms with Crippen LogP contribution in [0.2, 0.25) is 0 Å². The van der Waals surface area contributed by atoms with Gasteiger partial charge in [-0.1, -0.05) is 77.3 Å². The summed E-state index contributed by atoms with van der Waals surface area (Å²) in [6, 6.07) is 7.09. The van der Waals surface area contributed by atoms with Crippen LogP contribution in [0.25, 0.3) is 0 Å². The first kappa shape index (κ1) is 40.6. The number of hydrogen-bond donors (Lipinski definition) is 4. The van der Waals surface area contributed by atoms with E-state index in [1.54, 1.807) is 0 Å². The molecule has 0 radical (unpaired) electrons. The van der Waals surface area contributed by atoms with Crippen LogP contribution in [-0.2, 0) is 19.2 Å². The van der Waals surface area contributed by atoms with Crippen LogP contribution in [0.15, 0.2) is 48.9 Å². The molecule has 298 valence electrons. The maximum absolute atomic E-state index is 14.5. The summed E-state index contributed by atoms with van der Waals surface area (Å²) >= 11 is 0. The normalized spacial score (nSPS) is 28.1. The van der Waals surface area contributed by atoms with Gasteiger partial charge in [-0.15, -0.1) is 0 Å². The molecule has 4 fully saturated rings. The third-order valence-corrected chi connectivity index (χ3v) is 13.1. The number of nitrogens with one attached hydrogen (secondary N) is 3. The molecule has 4 N–H and O–H groups in total. The van der Waals surface area contributed by atoms with Gasteiger partial charge in [-0.2, -0.15) is 0 Å². The van der Waals surface area contributed by atoms with Crippen molar-refractivity contribution in [1.82, 2.24) is 30.8 Å². The van der Waals surface area contributed by atoms with Crippen molar-refractivity contribution in [3.05, 3.63) is 60.2 Å². The number of aliphatic hydroxyl groups is 1. The summed E-state index contributed by atoms with van der Waals surface area (Å²) in [7, 11) is 0. The van der Waals surface area contributed by atoms with Crippen LogP contribution < -0.4 is 16.0 Å². The van der Waals surface area contributed by atoms with Crippen molar-refractivity contribution in [2.24, 2.45) is 34.5 Å². The number of amides is 3. The van der Waals surface area contributed by atoms with Crippen LogP contribution in [0, 0.1) is 34.5 Å². The van der Waals surface area contributed by atoms with Crippen molar-refractivity contribution in [2.45, 2.75) is 129 Å². The number of ketones is 2. The third-order valence-electron chi connectivity index (χ3n) is 13.1. The van der Waals surface area contributed by atoms with Crippen LogP contribution in [0.4, 0.5) is 0 Å². The lowest BCUT2D eigenvalue weighted by Gasteiger charge is -2.35. The lowest BCUT2D eigenvalue weighted by molar-refractivity contribution is -0.136. The van der Waals surface area contributed by atoms with Crippen molar-refractivity contribution < 1.29 is 29.1 Å². The van der Waals surface area contributed by atoms with E-state index in [2.05, 4.69) is 32.8 Å². The molecule has 3 amide bonds. The highest BCUT2D eigenvalue weighted by Crippen LogP contribution is 2.54. The molecule has 6 rings (SSSR count). The van der Waals surface area contributed by atoms with E-state index in [0.717, 1.165) is 56.9 Å². The average molecular weight is 757 g/mol. The number of carbonyl (C=O) groups is 5. The second-order valence-electron chi connectivity index (χ2n) is 18.3. The fourth-order valence-corrected chi connectivity index (χ4v) is 10.1. The van der Waals surface area contributed by atoms with E-state index in [1.165, 1.54) is 18.6 Å². The maximum atomic E-state index is 14.5. The fourth-order valence-electron chi connectivity index (χ4n) is 10.1. The van der Waals surface area contributed by atoms with Gasteiger partial charge in [0.1, 0.15) is 5.69 Å². The number of likely N-dealkylation sites (tertiary alicyclic amines) is 1. The van der Waals surface area contributed by atoms with Crippen molar-refractivity contribution in [2.75, 3.05) is 13.1 Å². The Morgan fingerprint density at radius 1 is 1.00 bits per heavy atom. The quantitative estimate of drug-likeness (QED) is 0.229. The molecule has 1 aromatic carbocycles. The lowest BCUT2D eigenvalue weighted by atomic mass is 9.72. The minimum atomic E-state index is -1.44. The first-order valence-corrected chi connectivity index (χ1v) is 20.3. The van der Waals surface area contributed by atoms with Gasteiger partial charge >= 0.3 is 0 Å². The predicted octanol–water partition coefficient (Wildman–Crippen LogP) is 4.58. The first-order valence-electron chi connectivity index (χ1n) is 20.3. The Hall–Kier alpha value is -4.03. The number of hydrogen-bond acceptors (Lipinski definition) is 9. The predicted molar refractivity (Wildman–Crippen MR) is 207 cm³/mol. The SMILES string of the molecule is C[C@H](NC(=O)C(O)[C@@H]1CCC2(C)C[C@H]3CN(CC(=O)[C@@H](CC(=O)[C@@H](NC(=O)c4cnccn4)C4CCCCC4)C(C)(C)C)[C@H](C(=O)N1)[C@H]3C2)c1ccccc1. The van der Waals surface area contributed by atoms with Gasteiger partial charge in [0.25, 0.3) is 11.8 Å². The van der Waals surface area contributed by atoms with Crippen LogP contribution >= 0.6 is 0 Å².